The summed E-state index contributed by atoms with van der Waals surface area (Å²) >= 11 is 5.74. The zero-order chi connectivity index (χ0) is 11.1. The predicted octanol–water partition coefficient (Wildman–Crippen LogP) is 2.97. The Hall–Kier alpha value is -0.700. The highest BCUT2D eigenvalue weighted by atomic mass is 35.5. The van der Waals surface area contributed by atoms with Crippen molar-refractivity contribution in [2.75, 3.05) is 17.7 Å². The predicted molar refractivity (Wildman–Crippen MR) is 65.5 cm³/mol. The Morgan fingerprint density at radius 3 is 3.07 bits per heavy atom. The van der Waals surface area contributed by atoms with Gasteiger partial charge in [-0.15, -0.1) is 11.6 Å². The lowest BCUT2D eigenvalue weighted by Crippen LogP contribution is -2.09. The first-order chi connectivity index (χ1) is 7.27. The summed E-state index contributed by atoms with van der Waals surface area (Å²) in [6.07, 6.45) is 6.13. The van der Waals surface area contributed by atoms with Gasteiger partial charge in [-0.25, -0.2) is 4.98 Å². The summed E-state index contributed by atoms with van der Waals surface area (Å²) in [5.41, 5.74) is 0. The number of aromatic nitrogens is 2. The van der Waals surface area contributed by atoms with Crippen molar-refractivity contribution in [1.82, 2.24) is 9.55 Å². The first-order valence-corrected chi connectivity index (χ1v) is 6.12. The van der Waals surface area contributed by atoms with Gasteiger partial charge < -0.3 is 9.88 Å². The van der Waals surface area contributed by atoms with E-state index in [4.69, 9.17) is 11.6 Å². The topological polar surface area (TPSA) is 29.9 Å². The lowest BCUT2D eigenvalue weighted by atomic mass is 10.1. The SMILES string of the molecule is CCn1ccnc1NCCCC(C)CCl. The maximum Gasteiger partial charge on any atom is 0.202 e. The average molecular weight is 230 g/mol. The molecule has 15 heavy (non-hydrogen) atoms. The van der Waals surface area contributed by atoms with Crippen molar-refractivity contribution in [3.05, 3.63) is 12.4 Å². The Morgan fingerprint density at radius 1 is 1.60 bits per heavy atom. The van der Waals surface area contributed by atoms with Gasteiger partial charge in [-0.3, -0.25) is 0 Å². The highest BCUT2D eigenvalue weighted by Gasteiger charge is 2.01. The van der Waals surface area contributed by atoms with Crippen LogP contribution in [0.4, 0.5) is 5.95 Å². The fourth-order valence-electron chi connectivity index (χ4n) is 1.46. The third-order valence-electron chi connectivity index (χ3n) is 2.48. The lowest BCUT2D eigenvalue weighted by molar-refractivity contribution is 0.571. The zero-order valence-electron chi connectivity index (χ0n) is 9.54. The Bertz CT molecular complexity index is 273. The van der Waals surface area contributed by atoms with E-state index >= 15 is 0 Å². The van der Waals surface area contributed by atoms with Gasteiger partial charge in [0.05, 0.1) is 0 Å². The van der Waals surface area contributed by atoms with Gasteiger partial charge in [0.2, 0.25) is 5.95 Å². The number of alkyl halides is 1. The molecule has 1 aromatic rings. The normalized spacial score (nSPS) is 12.7. The molecule has 3 nitrogen and oxygen atoms in total. The van der Waals surface area contributed by atoms with E-state index in [1.54, 1.807) is 0 Å². The molecule has 1 N–H and O–H groups in total. The van der Waals surface area contributed by atoms with Crippen LogP contribution in [-0.4, -0.2) is 22.0 Å². The van der Waals surface area contributed by atoms with E-state index < -0.39 is 0 Å². The Balaban J connectivity index is 2.20. The number of halogens is 1. The van der Waals surface area contributed by atoms with Gasteiger partial charge in [-0.05, 0) is 25.7 Å². The largest absolute Gasteiger partial charge is 0.356 e. The minimum atomic E-state index is 0.611. The minimum Gasteiger partial charge on any atom is -0.356 e. The van der Waals surface area contributed by atoms with Gasteiger partial charge in [-0.1, -0.05) is 6.92 Å². The van der Waals surface area contributed by atoms with Crippen molar-refractivity contribution in [3.63, 3.8) is 0 Å². The van der Waals surface area contributed by atoms with Crippen LogP contribution >= 0.6 is 11.6 Å². The number of imidazole rings is 1. The van der Waals surface area contributed by atoms with E-state index in [0.717, 1.165) is 31.3 Å². The number of hydrogen-bond acceptors (Lipinski definition) is 2. The standard InChI is InChI=1S/C11H20ClN3/c1-3-15-8-7-14-11(15)13-6-4-5-10(2)9-12/h7-8,10H,3-6,9H2,1-2H3,(H,13,14). The molecule has 0 aliphatic heterocycles. The molecule has 1 aromatic heterocycles. The van der Waals surface area contributed by atoms with Crippen LogP contribution in [0.1, 0.15) is 26.7 Å². The molecule has 0 bridgehead atoms. The summed E-state index contributed by atoms with van der Waals surface area (Å²) in [4.78, 5) is 4.25. The molecule has 0 spiro atoms. The van der Waals surface area contributed by atoms with Crippen LogP contribution in [-0.2, 0) is 6.54 Å². The molecule has 0 aliphatic carbocycles. The molecule has 0 radical (unpaired) electrons. The van der Waals surface area contributed by atoms with E-state index in [1.165, 1.54) is 6.42 Å². The van der Waals surface area contributed by atoms with Gasteiger partial charge in [0.1, 0.15) is 0 Å². The monoisotopic (exact) mass is 229 g/mol. The molecular formula is C11H20ClN3. The number of rotatable bonds is 7. The first kappa shape index (κ1) is 12.4. The molecule has 0 aliphatic rings. The Morgan fingerprint density at radius 2 is 2.40 bits per heavy atom. The third kappa shape index (κ3) is 4.12. The van der Waals surface area contributed by atoms with Crippen molar-refractivity contribution in [3.8, 4) is 0 Å². The molecule has 0 saturated heterocycles. The maximum atomic E-state index is 5.74. The van der Waals surface area contributed by atoms with Crippen LogP contribution in [0.25, 0.3) is 0 Å². The number of hydrogen-bond donors (Lipinski definition) is 1. The van der Waals surface area contributed by atoms with Crippen molar-refractivity contribution < 1.29 is 0 Å². The van der Waals surface area contributed by atoms with Crippen LogP contribution in [0.5, 0.6) is 0 Å². The van der Waals surface area contributed by atoms with Crippen LogP contribution in [0.15, 0.2) is 12.4 Å². The van der Waals surface area contributed by atoms with Gasteiger partial charge in [0, 0.05) is 31.4 Å². The quantitative estimate of drug-likeness (QED) is 0.576. The van der Waals surface area contributed by atoms with Crippen molar-refractivity contribution in [2.24, 2.45) is 5.92 Å². The summed E-state index contributed by atoms with van der Waals surface area (Å²) in [5.74, 6) is 2.33. The summed E-state index contributed by atoms with van der Waals surface area (Å²) in [6, 6.07) is 0. The van der Waals surface area contributed by atoms with Gasteiger partial charge in [0.25, 0.3) is 0 Å². The van der Waals surface area contributed by atoms with Gasteiger partial charge in [-0.2, -0.15) is 0 Å². The summed E-state index contributed by atoms with van der Waals surface area (Å²) < 4.78 is 2.10. The van der Waals surface area contributed by atoms with Gasteiger partial charge in [0.15, 0.2) is 0 Å². The van der Waals surface area contributed by atoms with E-state index in [0.29, 0.717) is 5.92 Å². The molecule has 0 amide bonds. The minimum absolute atomic E-state index is 0.611. The number of nitrogens with zero attached hydrogens (tertiary/aromatic N) is 2. The van der Waals surface area contributed by atoms with Crippen molar-refractivity contribution >= 4 is 17.5 Å². The molecule has 1 heterocycles. The molecule has 1 rings (SSSR count). The second-order valence-electron chi connectivity index (χ2n) is 3.87. The Kier molecular flexibility index (Phi) is 5.54. The van der Waals surface area contributed by atoms with Crippen molar-refractivity contribution in [1.29, 1.82) is 0 Å². The summed E-state index contributed by atoms with van der Waals surface area (Å²) in [7, 11) is 0. The summed E-state index contributed by atoms with van der Waals surface area (Å²) in [6.45, 7) is 6.22. The second-order valence-corrected chi connectivity index (χ2v) is 4.17. The summed E-state index contributed by atoms with van der Waals surface area (Å²) in [5, 5.41) is 3.33. The van der Waals surface area contributed by atoms with Crippen LogP contribution in [0.3, 0.4) is 0 Å². The number of nitrogens with one attached hydrogen (secondary N) is 1. The van der Waals surface area contributed by atoms with Gasteiger partial charge >= 0.3 is 0 Å². The van der Waals surface area contributed by atoms with Crippen molar-refractivity contribution in [2.45, 2.75) is 33.2 Å². The molecule has 86 valence electrons. The van der Waals surface area contributed by atoms with Crippen LogP contribution < -0.4 is 5.32 Å². The first-order valence-electron chi connectivity index (χ1n) is 5.58. The Labute approximate surface area is 96.8 Å². The molecule has 0 aromatic carbocycles. The maximum absolute atomic E-state index is 5.74. The fourth-order valence-corrected chi connectivity index (χ4v) is 1.61. The zero-order valence-corrected chi connectivity index (χ0v) is 10.3. The number of aryl methyl sites for hydroxylation is 1. The molecule has 0 saturated carbocycles. The molecule has 1 atom stereocenters. The number of anilines is 1. The highest BCUT2D eigenvalue weighted by Crippen LogP contribution is 2.08. The van der Waals surface area contributed by atoms with E-state index in [9.17, 15) is 0 Å². The average Bonchev–Trinajstić information content (AvgIpc) is 2.71. The van der Waals surface area contributed by atoms with Crippen LogP contribution in [0.2, 0.25) is 0 Å². The second kappa shape index (κ2) is 6.72. The molecule has 1 unspecified atom stereocenters. The van der Waals surface area contributed by atoms with E-state index in [1.807, 2.05) is 12.4 Å². The fraction of sp³-hybridized carbons (Fsp3) is 0.727. The van der Waals surface area contributed by atoms with Crippen LogP contribution in [0, 0.1) is 5.92 Å². The van der Waals surface area contributed by atoms with E-state index in [-0.39, 0.29) is 0 Å². The highest BCUT2D eigenvalue weighted by molar-refractivity contribution is 6.18. The molecule has 4 heteroatoms. The lowest BCUT2D eigenvalue weighted by Gasteiger charge is -2.09. The third-order valence-corrected chi connectivity index (χ3v) is 3.00. The molecular weight excluding hydrogens is 210 g/mol. The smallest absolute Gasteiger partial charge is 0.202 e. The van der Waals surface area contributed by atoms with E-state index in [2.05, 4.69) is 28.7 Å². The molecule has 0 fully saturated rings.